The molecule has 1 aliphatic rings. The molecule has 0 atom stereocenters. The summed E-state index contributed by atoms with van der Waals surface area (Å²) in [4.78, 5) is 13.2. The molecule has 1 fully saturated rings. The van der Waals surface area contributed by atoms with Crippen LogP contribution in [0.15, 0.2) is 41.3 Å². The van der Waals surface area contributed by atoms with Crippen molar-refractivity contribution in [3.63, 3.8) is 0 Å². The molecule has 1 N–H and O–H groups in total. The van der Waals surface area contributed by atoms with Crippen molar-refractivity contribution in [2.24, 2.45) is 0 Å². The molecular formula is C23H29ClN2O3S. The van der Waals surface area contributed by atoms with Crippen LogP contribution in [-0.2, 0) is 22.9 Å². The minimum Gasteiger partial charge on any atom is -0.321 e. The number of sulfonamides is 1. The second-order valence-electron chi connectivity index (χ2n) is 7.57. The average Bonchev–Trinajstić information content (AvgIpc) is 3.04. The zero-order chi connectivity index (χ0) is 21.7. The number of anilines is 1. The summed E-state index contributed by atoms with van der Waals surface area (Å²) in [6, 6.07) is 10.3. The van der Waals surface area contributed by atoms with Gasteiger partial charge in [-0.15, -0.1) is 0 Å². The molecule has 0 aromatic heterocycles. The summed E-state index contributed by atoms with van der Waals surface area (Å²) in [7, 11) is -3.66. The molecule has 1 amide bonds. The number of aryl methyl sites for hydroxylation is 2. The number of hydrogen-bond acceptors (Lipinski definition) is 3. The molecule has 0 saturated carbocycles. The topological polar surface area (TPSA) is 66.5 Å². The lowest BCUT2D eigenvalue weighted by atomic mass is 10.0. The van der Waals surface area contributed by atoms with Gasteiger partial charge in [-0.1, -0.05) is 56.5 Å². The molecular weight excluding hydrogens is 420 g/mol. The summed E-state index contributed by atoms with van der Waals surface area (Å²) in [6.45, 7) is 5.09. The zero-order valence-corrected chi connectivity index (χ0v) is 19.2. The average molecular weight is 449 g/mol. The Morgan fingerprint density at radius 2 is 1.60 bits per heavy atom. The zero-order valence-electron chi connectivity index (χ0n) is 17.6. The monoisotopic (exact) mass is 448 g/mol. The van der Waals surface area contributed by atoms with Crippen LogP contribution in [0, 0.1) is 0 Å². The van der Waals surface area contributed by atoms with Crippen LogP contribution in [0.25, 0.3) is 0 Å². The first-order chi connectivity index (χ1) is 14.4. The second kappa shape index (κ2) is 9.94. The molecule has 162 valence electrons. The van der Waals surface area contributed by atoms with Gasteiger partial charge in [0, 0.05) is 18.8 Å². The molecule has 1 heterocycles. The minimum absolute atomic E-state index is 0.110. The SMILES string of the molecule is CCc1cccc(CC)c1NC(=O)c1cc(S(=O)(=O)N2CCCCCC2)ccc1Cl. The lowest BCUT2D eigenvalue weighted by Crippen LogP contribution is -2.32. The fraction of sp³-hybridized carbons (Fsp3) is 0.435. The fourth-order valence-electron chi connectivity index (χ4n) is 3.85. The van der Waals surface area contributed by atoms with E-state index in [1.807, 2.05) is 32.0 Å². The largest absolute Gasteiger partial charge is 0.321 e. The van der Waals surface area contributed by atoms with E-state index < -0.39 is 15.9 Å². The van der Waals surface area contributed by atoms with E-state index in [9.17, 15) is 13.2 Å². The molecule has 0 bridgehead atoms. The molecule has 30 heavy (non-hydrogen) atoms. The summed E-state index contributed by atoms with van der Waals surface area (Å²) in [6.07, 6.45) is 5.34. The third-order valence-corrected chi connectivity index (χ3v) is 7.85. The summed E-state index contributed by atoms with van der Waals surface area (Å²) in [5.41, 5.74) is 3.02. The molecule has 0 radical (unpaired) electrons. The van der Waals surface area contributed by atoms with Gasteiger partial charge in [-0.3, -0.25) is 4.79 Å². The highest BCUT2D eigenvalue weighted by molar-refractivity contribution is 7.89. The van der Waals surface area contributed by atoms with Crippen molar-refractivity contribution in [2.75, 3.05) is 18.4 Å². The third-order valence-electron chi connectivity index (χ3n) is 5.62. The number of carbonyl (C=O) groups is 1. The molecule has 2 aromatic rings. The van der Waals surface area contributed by atoms with Crippen LogP contribution in [0.5, 0.6) is 0 Å². The summed E-state index contributed by atoms with van der Waals surface area (Å²) < 4.78 is 27.8. The van der Waals surface area contributed by atoms with Crippen molar-refractivity contribution in [1.29, 1.82) is 0 Å². The Labute approximate surface area is 184 Å². The normalized spacial score (nSPS) is 15.6. The van der Waals surface area contributed by atoms with Crippen molar-refractivity contribution < 1.29 is 13.2 Å². The van der Waals surface area contributed by atoms with Crippen LogP contribution >= 0.6 is 11.6 Å². The van der Waals surface area contributed by atoms with E-state index in [-0.39, 0.29) is 15.5 Å². The molecule has 5 nitrogen and oxygen atoms in total. The van der Waals surface area contributed by atoms with E-state index in [1.165, 1.54) is 22.5 Å². The Bertz CT molecular complexity index is 991. The first-order valence-electron chi connectivity index (χ1n) is 10.6. The van der Waals surface area contributed by atoms with Crippen LogP contribution in [0.2, 0.25) is 5.02 Å². The van der Waals surface area contributed by atoms with Gasteiger partial charge in [0.25, 0.3) is 5.91 Å². The Morgan fingerprint density at radius 3 is 2.17 bits per heavy atom. The van der Waals surface area contributed by atoms with Crippen molar-refractivity contribution in [3.8, 4) is 0 Å². The van der Waals surface area contributed by atoms with Gasteiger partial charge in [0.15, 0.2) is 0 Å². The van der Waals surface area contributed by atoms with Gasteiger partial charge in [-0.25, -0.2) is 8.42 Å². The summed E-state index contributed by atoms with van der Waals surface area (Å²) in [5, 5.41) is 3.21. The number of para-hydroxylation sites is 1. The molecule has 7 heteroatoms. The number of carbonyl (C=O) groups excluding carboxylic acids is 1. The molecule has 1 aliphatic heterocycles. The van der Waals surface area contributed by atoms with Crippen LogP contribution in [-0.4, -0.2) is 31.7 Å². The molecule has 0 aliphatic carbocycles. The maximum atomic E-state index is 13.1. The fourth-order valence-corrected chi connectivity index (χ4v) is 5.60. The quantitative estimate of drug-likeness (QED) is 0.653. The lowest BCUT2D eigenvalue weighted by Gasteiger charge is -2.20. The van der Waals surface area contributed by atoms with Gasteiger partial charge in [0.2, 0.25) is 10.0 Å². The third kappa shape index (κ3) is 4.88. The van der Waals surface area contributed by atoms with Crippen molar-refractivity contribution in [3.05, 3.63) is 58.1 Å². The standard InChI is InChI=1S/C23H29ClN2O3S/c1-3-17-10-9-11-18(4-2)22(17)25-23(27)20-16-19(12-13-21(20)24)30(28,29)26-14-7-5-6-8-15-26/h9-13,16H,3-8,14-15H2,1-2H3,(H,25,27). The van der Waals surface area contributed by atoms with E-state index in [0.29, 0.717) is 13.1 Å². The first kappa shape index (κ1) is 22.8. The van der Waals surface area contributed by atoms with Gasteiger partial charge < -0.3 is 5.32 Å². The molecule has 3 rings (SSSR count). The van der Waals surface area contributed by atoms with Gasteiger partial charge in [0.1, 0.15) is 0 Å². The van der Waals surface area contributed by atoms with Gasteiger partial charge in [0.05, 0.1) is 15.5 Å². The number of nitrogens with one attached hydrogen (secondary N) is 1. The highest BCUT2D eigenvalue weighted by Gasteiger charge is 2.27. The van der Waals surface area contributed by atoms with Gasteiger partial charge in [-0.05, 0) is 55.0 Å². The van der Waals surface area contributed by atoms with Crippen LogP contribution in [0.4, 0.5) is 5.69 Å². The van der Waals surface area contributed by atoms with E-state index in [4.69, 9.17) is 11.6 Å². The molecule has 0 unspecified atom stereocenters. The maximum absolute atomic E-state index is 13.1. The molecule has 2 aromatic carbocycles. The summed E-state index contributed by atoms with van der Waals surface area (Å²) >= 11 is 6.30. The van der Waals surface area contributed by atoms with Crippen LogP contribution < -0.4 is 5.32 Å². The Hall–Kier alpha value is -1.89. The van der Waals surface area contributed by atoms with Crippen LogP contribution in [0.1, 0.15) is 61.0 Å². The highest BCUT2D eigenvalue weighted by atomic mass is 35.5. The van der Waals surface area contributed by atoms with Gasteiger partial charge in [-0.2, -0.15) is 4.31 Å². The Kier molecular flexibility index (Phi) is 7.55. The molecule has 0 spiro atoms. The number of rotatable bonds is 6. The van der Waals surface area contributed by atoms with E-state index >= 15 is 0 Å². The molecule has 1 saturated heterocycles. The van der Waals surface area contributed by atoms with Crippen molar-refractivity contribution in [2.45, 2.75) is 57.3 Å². The second-order valence-corrected chi connectivity index (χ2v) is 9.92. The lowest BCUT2D eigenvalue weighted by molar-refractivity contribution is 0.102. The number of halogens is 1. The predicted molar refractivity (Wildman–Crippen MR) is 122 cm³/mol. The minimum atomic E-state index is -3.66. The predicted octanol–water partition coefficient (Wildman–Crippen LogP) is 5.28. The van der Waals surface area contributed by atoms with E-state index in [2.05, 4.69) is 5.32 Å². The number of nitrogens with zero attached hydrogens (tertiary/aromatic N) is 1. The van der Waals surface area contributed by atoms with Crippen LogP contribution in [0.3, 0.4) is 0 Å². The Balaban J connectivity index is 1.93. The first-order valence-corrected chi connectivity index (χ1v) is 12.4. The van der Waals surface area contributed by atoms with Crippen molar-refractivity contribution >= 4 is 33.2 Å². The number of benzene rings is 2. The number of hydrogen-bond donors (Lipinski definition) is 1. The van der Waals surface area contributed by atoms with Gasteiger partial charge >= 0.3 is 0 Å². The van der Waals surface area contributed by atoms with E-state index in [1.54, 1.807) is 0 Å². The smallest absolute Gasteiger partial charge is 0.257 e. The number of amides is 1. The van der Waals surface area contributed by atoms with E-state index in [0.717, 1.165) is 55.3 Å². The summed E-state index contributed by atoms with van der Waals surface area (Å²) in [5.74, 6) is -0.400. The Morgan fingerprint density at radius 1 is 1.00 bits per heavy atom. The maximum Gasteiger partial charge on any atom is 0.257 e. The van der Waals surface area contributed by atoms with Crippen molar-refractivity contribution in [1.82, 2.24) is 4.31 Å². The highest BCUT2D eigenvalue weighted by Crippen LogP contribution is 2.28.